The van der Waals surface area contributed by atoms with Gasteiger partial charge < -0.3 is 9.64 Å². The zero-order valence-electron chi connectivity index (χ0n) is 8.60. The number of carbonyl (C=O) groups excluding carboxylic acids is 2. The summed E-state index contributed by atoms with van der Waals surface area (Å²) in [5.74, 6) is -0.506. The van der Waals surface area contributed by atoms with Crippen LogP contribution in [0.1, 0.15) is 16.9 Å². The summed E-state index contributed by atoms with van der Waals surface area (Å²) >= 11 is 1.36. The highest BCUT2D eigenvalue weighted by Gasteiger charge is 2.14. The Hall–Kier alpha value is -1.43. The van der Waals surface area contributed by atoms with Gasteiger partial charge in [0.05, 0.1) is 19.0 Å². The van der Waals surface area contributed by atoms with Crippen molar-refractivity contribution in [3.05, 3.63) is 16.6 Å². The predicted octanol–water partition coefficient (Wildman–Crippen LogP) is 0.778. The van der Waals surface area contributed by atoms with Crippen molar-refractivity contribution in [2.24, 2.45) is 0 Å². The van der Waals surface area contributed by atoms with Gasteiger partial charge in [0, 0.05) is 19.0 Å². The first-order chi connectivity index (χ1) is 7.15. The summed E-state index contributed by atoms with van der Waals surface area (Å²) in [5.41, 5.74) is 2.01. The first-order valence-corrected chi connectivity index (χ1v) is 5.30. The predicted molar refractivity (Wildman–Crippen MR) is 55.7 cm³/mol. The van der Waals surface area contributed by atoms with E-state index in [1.807, 2.05) is 0 Å². The number of amides is 1. The maximum absolute atomic E-state index is 11.6. The average molecular weight is 228 g/mol. The van der Waals surface area contributed by atoms with Gasteiger partial charge in [-0.3, -0.25) is 9.59 Å². The van der Waals surface area contributed by atoms with E-state index >= 15 is 0 Å². The fraction of sp³-hybridized carbons (Fsp3) is 0.444. The van der Waals surface area contributed by atoms with E-state index in [2.05, 4.69) is 9.72 Å². The highest BCUT2D eigenvalue weighted by molar-refractivity contribution is 7.07. The molecule has 0 aromatic carbocycles. The van der Waals surface area contributed by atoms with E-state index < -0.39 is 0 Å². The average Bonchev–Trinajstić information content (AvgIpc) is 2.77. The molecule has 0 radical (unpaired) electrons. The zero-order chi connectivity index (χ0) is 11.3. The Morgan fingerprint density at radius 2 is 2.33 bits per heavy atom. The number of hydrogen-bond donors (Lipinski definition) is 0. The lowest BCUT2D eigenvalue weighted by Crippen LogP contribution is -2.29. The Labute approximate surface area is 91.7 Å². The Balaban J connectivity index is 2.44. The molecule has 1 aromatic rings. The van der Waals surface area contributed by atoms with E-state index in [9.17, 15) is 9.59 Å². The molecule has 0 aliphatic carbocycles. The van der Waals surface area contributed by atoms with Gasteiger partial charge in [0.1, 0.15) is 5.69 Å². The van der Waals surface area contributed by atoms with Crippen LogP contribution in [0.2, 0.25) is 0 Å². The summed E-state index contributed by atoms with van der Waals surface area (Å²) < 4.78 is 4.48. The molecule has 0 saturated heterocycles. The van der Waals surface area contributed by atoms with Crippen molar-refractivity contribution in [2.45, 2.75) is 6.42 Å². The van der Waals surface area contributed by atoms with Crippen LogP contribution in [0, 0.1) is 0 Å². The third-order valence-corrected chi connectivity index (χ3v) is 2.46. The number of rotatable bonds is 4. The Kier molecular flexibility index (Phi) is 4.23. The summed E-state index contributed by atoms with van der Waals surface area (Å²) in [7, 11) is 2.95. The number of ether oxygens (including phenoxy) is 1. The van der Waals surface area contributed by atoms with E-state index in [4.69, 9.17) is 0 Å². The number of thiazole rings is 1. The van der Waals surface area contributed by atoms with Crippen LogP contribution in [-0.4, -0.2) is 42.5 Å². The van der Waals surface area contributed by atoms with Crippen LogP contribution in [0.25, 0.3) is 0 Å². The fourth-order valence-corrected chi connectivity index (χ4v) is 1.50. The Bertz CT molecular complexity index is 337. The second kappa shape index (κ2) is 5.45. The van der Waals surface area contributed by atoms with Crippen molar-refractivity contribution in [1.82, 2.24) is 9.88 Å². The Morgan fingerprint density at radius 1 is 1.60 bits per heavy atom. The van der Waals surface area contributed by atoms with Gasteiger partial charge in [-0.05, 0) is 0 Å². The summed E-state index contributed by atoms with van der Waals surface area (Å²) in [5, 5.41) is 1.68. The molecule has 1 heterocycles. The molecule has 1 amide bonds. The first-order valence-electron chi connectivity index (χ1n) is 4.35. The quantitative estimate of drug-likeness (QED) is 0.714. The van der Waals surface area contributed by atoms with Gasteiger partial charge >= 0.3 is 5.97 Å². The van der Waals surface area contributed by atoms with Crippen LogP contribution >= 0.6 is 11.3 Å². The molecule has 0 aliphatic rings. The Morgan fingerprint density at radius 3 is 2.87 bits per heavy atom. The topological polar surface area (TPSA) is 59.5 Å². The number of methoxy groups -OCH3 is 1. The van der Waals surface area contributed by atoms with Gasteiger partial charge in [0.15, 0.2) is 0 Å². The van der Waals surface area contributed by atoms with E-state index in [0.29, 0.717) is 12.2 Å². The van der Waals surface area contributed by atoms with Crippen molar-refractivity contribution < 1.29 is 14.3 Å². The van der Waals surface area contributed by atoms with Gasteiger partial charge in [0.25, 0.3) is 5.91 Å². The van der Waals surface area contributed by atoms with E-state index in [1.165, 1.54) is 23.3 Å². The number of carbonyl (C=O) groups is 2. The minimum atomic E-state index is -0.326. The number of esters is 1. The van der Waals surface area contributed by atoms with Crippen molar-refractivity contribution >= 4 is 23.2 Å². The molecule has 0 spiro atoms. The third-order valence-electron chi connectivity index (χ3n) is 1.88. The minimum Gasteiger partial charge on any atom is -0.469 e. The molecule has 0 unspecified atom stereocenters. The first kappa shape index (κ1) is 11.6. The third kappa shape index (κ3) is 3.32. The molecule has 82 valence electrons. The molecule has 0 N–H and O–H groups in total. The minimum absolute atomic E-state index is 0.180. The molecular formula is C9H12N2O3S. The maximum Gasteiger partial charge on any atom is 0.307 e. The van der Waals surface area contributed by atoms with Crippen LogP contribution in [-0.2, 0) is 9.53 Å². The molecule has 1 rings (SSSR count). The summed E-state index contributed by atoms with van der Waals surface area (Å²) in [6, 6.07) is 0. The fourth-order valence-electron chi connectivity index (χ4n) is 0.976. The SMILES string of the molecule is COC(=O)CCN(C)C(=O)c1cscn1. The van der Waals surface area contributed by atoms with Crippen LogP contribution in [0.4, 0.5) is 0 Å². The molecule has 5 nitrogen and oxygen atoms in total. The van der Waals surface area contributed by atoms with Crippen molar-refractivity contribution in [1.29, 1.82) is 0 Å². The standard InChI is InChI=1S/C9H12N2O3S/c1-11(4-3-8(12)14-2)9(13)7-5-15-6-10-7/h5-6H,3-4H2,1-2H3. The molecule has 1 aromatic heterocycles. The lowest BCUT2D eigenvalue weighted by Gasteiger charge is -2.14. The second-order valence-corrected chi connectivity index (χ2v) is 3.65. The summed E-state index contributed by atoms with van der Waals surface area (Å²) in [4.78, 5) is 27.8. The van der Waals surface area contributed by atoms with Crippen molar-refractivity contribution in [3.63, 3.8) is 0 Å². The van der Waals surface area contributed by atoms with E-state index in [0.717, 1.165) is 0 Å². The molecular weight excluding hydrogens is 216 g/mol. The van der Waals surface area contributed by atoms with Crippen LogP contribution < -0.4 is 0 Å². The van der Waals surface area contributed by atoms with Gasteiger partial charge in [-0.1, -0.05) is 0 Å². The lowest BCUT2D eigenvalue weighted by atomic mass is 10.3. The van der Waals surface area contributed by atoms with Crippen LogP contribution in [0.3, 0.4) is 0 Å². The second-order valence-electron chi connectivity index (χ2n) is 2.93. The highest BCUT2D eigenvalue weighted by atomic mass is 32.1. The van der Waals surface area contributed by atoms with E-state index in [-0.39, 0.29) is 18.3 Å². The number of aromatic nitrogens is 1. The summed E-state index contributed by atoms with van der Waals surface area (Å²) in [6.07, 6.45) is 0.197. The van der Waals surface area contributed by atoms with Crippen LogP contribution in [0.5, 0.6) is 0 Å². The maximum atomic E-state index is 11.6. The van der Waals surface area contributed by atoms with Gasteiger partial charge in [0.2, 0.25) is 0 Å². The molecule has 6 heteroatoms. The number of hydrogen-bond acceptors (Lipinski definition) is 5. The van der Waals surface area contributed by atoms with Gasteiger partial charge in [-0.15, -0.1) is 11.3 Å². The molecule has 0 saturated carbocycles. The molecule has 0 bridgehead atoms. The molecule has 0 fully saturated rings. The normalized spacial score (nSPS) is 9.73. The summed E-state index contributed by atoms with van der Waals surface area (Å²) in [6.45, 7) is 0.336. The largest absolute Gasteiger partial charge is 0.469 e. The monoisotopic (exact) mass is 228 g/mol. The highest BCUT2D eigenvalue weighted by Crippen LogP contribution is 2.04. The van der Waals surface area contributed by atoms with Gasteiger partial charge in [-0.2, -0.15) is 0 Å². The smallest absolute Gasteiger partial charge is 0.307 e. The van der Waals surface area contributed by atoms with Crippen molar-refractivity contribution in [3.8, 4) is 0 Å². The van der Waals surface area contributed by atoms with Crippen LogP contribution in [0.15, 0.2) is 10.9 Å². The van der Waals surface area contributed by atoms with E-state index in [1.54, 1.807) is 17.9 Å². The van der Waals surface area contributed by atoms with Gasteiger partial charge in [-0.25, -0.2) is 4.98 Å². The lowest BCUT2D eigenvalue weighted by molar-refractivity contribution is -0.140. The molecule has 0 atom stereocenters. The number of nitrogens with zero attached hydrogens (tertiary/aromatic N) is 2. The molecule has 15 heavy (non-hydrogen) atoms. The zero-order valence-corrected chi connectivity index (χ0v) is 9.41. The molecule has 0 aliphatic heterocycles. The van der Waals surface area contributed by atoms with Crippen molar-refractivity contribution in [2.75, 3.05) is 20.7 Å².